The summed E-state index contributed by atoms with van der Waals surface area (Å²) < 4.78 is 10.6. The van der Waals surface area contributed by atoms with Crippen molar-refractivity contribution in [1.82, 2.24) is 0 Å². The standard InChI is InChI=1S/C9H7N3O3/c10-6-11-12(13)7-1-2-8-9(5-7)15-4-3-14-8/h1-2,5H,3-4H2. The van der Waals surface area contributed by atoms with Gasteiger partial charge in [-0.3, -0.25) is 0 Å². The lowest BCUT2D eigenvalue weighted by molar-refractivity contribution is -0.435. The summed E-state index contributed by atoms with van der Waals surface area (Å²) in [4.78, 5) is 0.234. The zero-order valence-electron chi connectivity index (χ0n) is 7.71. The minimum absolute atomic E-state index is 0.234. The van der Waals surface area contributed by atoms with Crippen LogP contribution in [0.4, 0.5) is 5.69 Å². The van der Waals surface area contributed by atoms with Crippen LogP contribution in [0, 0.1) is 16.7 Å². The maximum atomic E-state index is 11.2. The van der Waals surface area contributed by atoms with Crippen LogP contribution in [0.2, 0.25) is 0 Å². The minimum atomic E-state index is 0.234. The molecule has 76 valence electrons. The number of nitrogens with zero attached hydrogens (tertiary/aromatic N) is 3. The maximum absolute atomic E-state index is 11.2. The molecule has 1 aromatic rings. The minimum Gasteiger partial charge on any atom is -0.593 e. The molecule has 0 saturated heterocycles. The van der Waals surface area contributed by atoms with Crippen molar-refractivity contribution in [2.24, 2.45) is 5.11 Å². The fraction of sp³-hybridized carbons (Fsp3) is 0.222. The van der Waals surface area contributed by atoms with E-state index in [1.807, 2.05) is 0 Å². The molecule has 0 amide bonds. The molecule has 0 atom stereocenters. The monoisotopic (exact) mass is 205 g/mol. The van der Waals surface area contributed by atoms with Crippen LogP contribution in [0.15, 0.2) is 23.3 Å². The smallest absolute Gasteiger partial charge is 0.274 e. The van der Waals surface area contributed by atoms with Gasteiger partial charge in [-0.05, 0) is 10.9 Å². The van der Waals surface area contributed by atoms with Crippen molar-refractivity contribution in [3.05, 3.63) is 23.4 Å². The van der Waals surface area contributed by atoms with Gasteiger partial charge in [0.05, 0.1) is 11.2 Å². The SMILES string of the molecule is N#CN=[N+]([O-])c1ccc2c(c1)OCCO2. The van der Waals surface area contributed by atoms with Crippen molar-refractivity contribution in [3.63, 3.8) is 0 Å². The highest BCUT2D eigenvalue weighted by atomic mass is 16.6. The van der Waals surface area contributed by atoms with Crippen LogP contribution in [-0.2, 0) is 0 Å². The van der Waals surface area contributed by atoms with Gasteiger partial charge in [-0.25, -0.2) is 0 Å². The molecule has 1 aliphatic heterocycles. The van der Waals surface area contributed by atoms with E-state index in [0.717, 1.165) is 0 Å². The van der Waals surface area contributed by atoms with E-state index in [9.17, 15) is 5.21 Å². The van der Waals surface area contributed by atoms with Gasteiger partial charge in [-0.2, -0.15) is 5.26 Å². The van der Waals surface area contributed by atoms with Crippen LogP contribution in [-0.4, -0.2) is 18.1 Å². The molecule has 0 aliphatic carbocycles. The summed E-state index contributed by atoms with van der Waals surface area (Å²) in [5.41, 5.74) is 0.237. The van der Waals surface area contributed by atoms with Gasteiger partial charge in [-0.15, -0.1) is 0 Å². The zero-order valence-corrected chi connectivity index (χ0v) is 7.71. The number of hydrogen-bond donors (Lipinski definition) is 0. The topological polar surface area (TPSA) is 80.7 Å². The van der Waals surface area contributed by atoms with Crippen LogP contribution < -0.4 is 9.47 Å². The van der Waals surface area contributed by atoms with Crippen LogP contribution in [0.1, 0.15) is 0 Å². The molecule has 2 rings (SSSR count). The first kappa shape index (κ1) is 9.27. The molecular formula is C9H7N3O3. The second-order valence-electron chi connectivity index (χ2n) is 2.80. The fourth-order valence-electron chi connectivity index (χ4n) is 1.25. The second kappa shape index (κ2) is 3.84. The molecule has 6 heteroatoms. The van der Waals surface area contributed by atoms with Crippen LogP contribution >= 0.6 is 0 Å². The van der Waals surface area contributed by atoms with E-state index in [-0.39, 0.29) is 10.5 Å². The predicted octanol–water partition coefficient (Wildman–Crippen LogP) is 1.53. The van der Waals surface area contributed by atoms with E-state index in [0.29, 0.717) is 24.7 Å². The molecule has 1 heterocycles. The summed E-state index contributed by atoms with van der Waals surface area (Å²) in [7, 11) is 0. The van der Waals surface area contributed by atoms with Gasteiger partial charge in [0.15, 0.2) is 11.5 Å². The van der Waals surface area contributed by atoms with Crippen molar-refractivity contribution < 1.29 is 14.3 Å². The van der Waals surface area contributed by atoms with Crippen LogP contribution in [0.3, 0.4) is 0 Å². The normalized spacial score (nSPS) is 14.5. The number of fused-ring (bicyclic) bond motifs is 1. The summed E-state index contributed by atoms with van der Waals surface area (Å²) >= 11 is 0. The van der Waals surface area contributed by atoms with Gasteiger partial charge in [0.25, 0.3) is 6.19 Å². The largest absolute Gasteiger partial charge is 0.593 e. The van der Waals surface area contributed by atoms with Gasteiger partial charge in [0.1, 0.15) is 13.2 Å². The first-order chi connectivity index (χ1) is 7.31. The van der Waals surface area contributed by atoms with Gasteiger partial charge in [-0.1, -0.05) is 0 Å². The summed E-state index contributed by atoms with van der Waals surface area (Å²) in [6, 6.07) is 4.62. The molecule has 0 spiro atoms. The van der Waals surface area contributed by atoms with E-state index in [1.165, 1.54) is 18.3 Å². The molecule has 0 bridgehead atoms. The molecule has 1 aliphatic rings. The van der Waals surface area contributed by atoms with Crippen molar-refractivity contribution in [3.8, 4) is 17.7 Å². The highest BCUT2D eigenvalue weighted by molar-refractivity contribution is 5.49. The summed E-state index contributed by atoms with van der Waals surface area (Å²) in [5.74, 6) is 1.09. The van der Waals surface area contributed by atoms with Crippen molar-refractivity contribution in [2.45, 2.75) is 0 Å². The molecule has 0 radical (unpaired) electrons. The Bertz CT molecular complexity index is 450. The highest BCUT2D eigenvalue weighted by Crippen LogP contribution is 2.33. The lowest BCUT2D eigenvalue weighted by Gasteiger charge is -2.17. The number of rotatable bonds is 1. The van der Waals surface area contributed by atoms with E-state index >= 15 is 0 Å². The molecule has 0 aromatic heterocycles. The molecular weight excluding hydrogens is 198 g/mol. The first-order valence-electron chi connectivity index (χ1n) is 4.28. The highest BCUT2D eigenvalue weighted by Gasteiger charge is 2.15. The predicted molar refractivity (Wildman–Crippen MR) is 48.8 cm³/mol. The lowest BCUT2D eigenvalue weighted by atomic mass is 10.2. The molecule has 1 aromatic carbocycles. The number of azo groups is 1. The van der Waals surface area contributed by atoms with Crippen molar-refractivity contribution >= 4 is 5.69 Å². The van der Waals surface area contributed by atoms with E-state index < -0.39 is 0 Å². The van der Waals surface area contributed by atoms with Gasteiger partial charge < -0.3 is 14.7 Å². The van der Waals surface area contributed by atoms with Crippen molar-refractivity contribution in [2.75, 3.05) is 13.2 Å². The molecule has 0 N–H and O–H groups in total. The summed E-state index contributed by atoms with van der Waals surface area (Å²) in [5, 5.41) is 22.4. The van der Waals surface area contributed by atoms with Crippen molar-refractivity contribution in [1.29, 1.82) is 5.26 Å². The summed E-state index contributed by atoms with van der Waals surface area (Å²) in [6.07, 6.45) is 1.41. The molecule has 0 saturated carbocycles. The fourth-order valence-corrected chi connectivity index (χ4v) is 1.25. The Kier molecular flexibility index (Phi) is 2.37. The lowest BCUT2D eigenvalue weighted by Crippen LogP contribution is -2.15. The van der Waals surface area contributed by atoms with Gasteiger partial charge in [0, 0.05) is 6.07 Å². The Labute approximate surface area is 85.5 Å². The van der Waals surface area contributed by atoms with E-state index in [4.69, 9.17) is 14.7 Å². The molecule has 0 fully saturated rings. The third kappa shape index (κ3) is 1.81. The number of nitriles is 1. The Balaban J connectivity index is 2.37. The third-order valence-corrected chi connectivity index (χ3v) is 1.88. The van der Waals surface area contributed by atoms with Gasteiger partial charge in [0.2, 0.25) is 5.69 Å². The maximum Gasteiger partial charge on any atom is 0.274 e. The zero-order chi connectivity index (χ0) is 10.7. The number of ether oxygens (including phenoxy) is 2. The molecule has 0 unspecified atom stereocenters. The van der Waals surface area contributed by atoms with Crippen LogP contribution in [0.5, 0.6) is 11.5 Å². The number of hydrogen-bond acceptors (Lipinski definition) is 5. The Hall–Kier alpha value is -2.29. The van der Waals surface area contributed by atoms with Crippen LogP contribution in [0.25, 0.3) is 0 Å². The Morgan fingerprint density at radius 3 is 2.80 bits per heavy atom. The van der Waals surface area contributed by atoms with E-state index in [1.54, 1.807) is 6.07 Å². The third-order valence-electron chi connectivity index (χ3n) is 1.88. The Morgan fingerprint density at radius 2 is 2.07 bits per heavy atom. The molecule has 6 nitrogen and oxygen atoms in total. The number of benzene rings is 1. The van der Waals surface area contributed by atoms with Gasteiger partial charge >= 0.3 is 0 Å². The van der Waals surface area contributed by atoms with E-state index in [2.05, 4.69) is 5.11 Å². The summed E-state index contributed by atoms with van der Waals surface area (Å²) in [6.45, 7) is 0.945. The second-order valence-corrected chi connectivity index (χ2v) is 2.80. The average Bonchev–Trinajstić information content (AvgIpc) is 2.29. The first-order valence-corrected chi connectivity index (χ1v) is 4.28. The quantitative estimate of drug-likeness (QED) is 0.301. The Morgan fingerprint density at radius 1 is 1.33 bits per heavy atom. The molecule has 15 heavy (non-hydrogen) atoms. The average molecular weight is 205 g/mol.